The van der Waals surface area contributed by atoms with E-state index in [0.29, 0.717) is 13.1 Å². The molecule has 1 aromatic carbocycles. The summed E-state index contributed by atoms with van der Waals surface area (Å²) < 4.78 is 0. The summed E-state index contributed by atoms with van der Waals surface area (Å²) in [6.45, 7) is 1.39. The predicted molar refractivity (Wildman–Crippen MR) is 71.9 cm³/mol. The lowest BCUT2D eigenvalue weighted by molar-refractivity contribution is -0.383. The van der Waals surface area contributed by atoms with E-state index in [1.807, 2.05) is 0 Å². The van der Waals surface area contributed by atoms with E-state index < -0.39 is 4.92 Å². The number of carbonyl (C=O) groups excluding carboxylic acids is 1. The van der Waals surface area contributed by atoms with Crippen LogP contribution in [-0.2, 0) is 0 Å². The van der Waals surface area contributed by atoms with Gasteiger partial charge in [-0.05, 0) is 18.9 Å². The van der Waals surface area contributed by atoms with Crippen LogP contribution in [0.3, 0.4) is 0 Å². The molecule has 0 atom stereocenters. The number of amides is 1. The Bertz CT molecular complexity index is 494. The van der Waals surface area contributed by atoms with Crippen LogP contribution in [0, 0.1) is 10.1 Å². The van der Waals surface area contributed by atoms with E-state index in [-0.39, 0.29) is 22.8 Å². The number of benzene rings is 1. The number of hydrogen-bond acceptors (Lipinski definition) is 4. The van der Waals surface area contributed by atoms with Crippen LogP contribution in [0.2, 0.25) is 0 Å². The Balaban J connectivity index is 2.28. The second kappa shape index (κ2) is 5.69. The first kappa shape index (κ1) is 13.3. The third-order valence-electron chi connectivity index (χ3n) is 3.40. The summed E-state index contributed by atoms with van der Waals surface area (Å²) in [4.78, 5) is 24.4. The summed E-state index contributed by atoms with van der Waals surface area (Å²) in [5.41, 5.74) is 5.73. The zero-order valence-electron chi connectivity index (χ0n) is 10.7. The normalized spacial score (nSPS) is 15.9. The molecule has 0 saturated carbocycles. The number of rotatable bonds is 2. The van der Waals surface area contributed by atoms with Crippen LogP contribution in [0.4, 0.5) is 11.4 Å². The fraction of sp³-hybridized carbons (Fsp3) is 0.462. The van der Waals surface area contributed by atoms with Gasteiger partial charge in [-0.3, -0.25) is 14.9 Å². The van der Waals surface area contributed by atoms with Crippen LogP contribution in [0.5, 0.6) is 0 Å². The lowest BCUT2D eigenvalue weighted by atomic mass is 10.1. The van der Waals surface area contributed by atoms with Gasteiger partial charge in [0.05, 0.1) is 10.5 Å². The molecule has 0 aromatic heterocycles. The summed E-state index contributed by atoms with van der Waals surface area (Å²) in [6.07, 6.45) is 4.18. The van der Waals surface area contributed by atoms with Crippen molar-refractivity contribution in [3.05, 3.63) is 33.9 Å². The van der Waals surface area contributed by atoms with Gasteiger partial charge in [0.1, 0.15) is 5.69 Å². The first-order chi connectivity index (χ1) is 9.11. The summed E-state index contributed by atoms with van der Waals surface area (Å²) in [6, 6.07) is 4.36. The van der Waals surface area contributed by atoms with Gasteiger partial charge in [-0.1, -0.05) is 18.9 Å². The van der Waals surface area contributed by atoms with Crippen LogP contribution in [0.1, 0.15) is 36.0 Å². The molecule has 102 valence electrons. The molecule has 1 aromatic rings. The molecule has 2 rings (SSSR count). The van der Waals surface area contributed by atoms with E-state index in [1.165, 1.54) is 12.1 Å². The molecule has 0 radical (unpaired) electrons. The van der Waals surface area contributed by atoms with Crippen molar-refractivity contribution in [3.63, 3.8) is 0 Å². The molecule has 0 unspecified atom stereocenters. The first-order valence-corrected chi connectivity index (χ1v) is 6.43. The number of nitrogens with two attached hydrogens (primary N) is 1. The molecule has 1 fully saturated rings. The maximum absolute atomic E-state index is 12.4. The average molecular weight is 263 g/mol. The Morgan fingerprint density at radius 1 is 1.21 bits per heavy atom. The quantitative estimate of drug-likeness (QED) is 0.503. The summed E-state index contributed by atoms with van der Waals surface area (Å²) >= 11 is 0. The molecule has 0 aliphatic carbocycles. The van der Waals surface area contributed by atoms with Crippen LogP contribution in [-0.4, -0.2) is 28.8 Å². The van der Waals surface area contributed by atoms with Crippen molar-refractivity contribution in [1.29, 1.82) is 0 Å². The van der Waals surface area contributed by atoms with Crippen molar-refractivity contribution in [3.8, 4) is 0 Å². The highest BCUT2D eigenvalue weighted by molar-refractivity contribution is 6.01. The fourth-order valence-corrected chi connectivity index (χ4v) is 2.34. The highest BCUT2D eigenvalue weighted by Gasteiger charge is 2.23. The third-order valence-corrected chi connectivity index (χ3v) is 3.40. The van der Waals surface area contributed by atoms with Gasteiger partial charge in [0.2, 0.25) is 0 Å². The highest BCUT2D eigenvalue weighted by atomic mass is 16.6. The summed E-state index contributed by atoms with van der Waals surface area (Å²) in [7, 11) is 0. The molecule has 1 aliphatic rings. The second-order valence-electron chi connectivity index (χ2n) is 4.70. The number of hydrogen-bond donors (Lipinski definition) is 1. The van der Waals surface area contributed by atoms with E-state index in [9.17, 15) is 14.9 Å². The van der Waals surface area contributed by atoms with Gasteiger partial charge in [-0.2, -0.15) is 0 Å². The molecule has 0 bridgehead atoms. The second-order valence-corrected chi connectivity index (χ2v) is 4.70. The first-order valence-electron chi connectivity index (χ1n) is 6.43. The van der Waals surface area contributed by atoms with Crippen molar-refractivity contribution in [2.24, 2.45) is 0 Å². The fourth-order valence-electron chi connectivity index (χ4n) is 2.34. The number of carbonyl (C=O) groups is 1. The van der Waals surface area contributed by atoms with Crippen molar-refractivity contribution in [2.45, 2.75) is 25.7 Å². The highest BCUT2D eigenvalue weighted by Crippen LogP contribution is 2.26. The number of nitro benzene ring substituents is 1. The minimum atomic E-state index is -0.561. The molecular weight excluding hydrogens is 246 g/mol. The Morgan fingerprint density at radius 2 is 1.84 bits per heavy atom. The summed E-state index contributed by atoms with van der Waals surface area (Å²) in [5, 5.41) is 10.8. The number of likely N-dealkylation sites (tertiary alicyclic amines) is 1. The van der Waals surface area contributed by atoms with Crippen molar-refractivity contribution in [2.75, 3.05) is 18.8 Å². The Kier molecular flexibility index (Phi) is 3.99. The van der Waals surface area contributed by atoms with E-state index in [4.69, 9.17) is 5.73 Å². The zero-order chi connectivity index (χ0) is 13.8. The number of para-hydroxylation sites is 1. The monoisotopic (exact) mass is 263 g/mol. The van der Waals surface area contributed by atoms with Gasteiger partial charge in [0.25, 0.3) is 11.6 Å². The van der Waals surface area contributed by atoms with Gasteiger partial charge in [0, 0.05) is 19.2 Å². The number of anilines is 1. The van der Waals surface area contributed by atoms with Crippen molar-refractivity contribution < 1.29 is 9.72 Å². The Hall–Kier alpha value is -2.11. The molecule has 1 heterocycles. The lowest BCUT2D eigenvalue weighted by Crippen LogP contribution is -2.32. The van der Waals surface area contributed by atoms with Crippen molar-refractivity contribution >= 4 is 17.3 Å². The molecule has 0 spiro atoms. The maximum Gasteiger partial charge on any atom is 0.292 e. The van der Waals surface area contributed by atoms with Crippen molar-refractivity contribution in [1.82, 2.24) is 4.90 Å². The molecular formula is C13H17N3O3. The smallest absolute Gasteiger partial charge is 0.292 e. The molecule has 6 heteroatoms. The van der Waals surface area contributed by atoms with E-state index in [2.05, 4.69) is 0 Å². The zero-order valence-corrected chi connectivity index (χ0v) is 10.7. The van der Waals surface area contributed by atoms with Gasteiger partial charge in [0.15, 0.2) is 0 Å². The summed E-state index contributed by atoms with van der Waals surface area (Å²) in [5.74, 6) is -0.205. The third kappa shape index (κ3) is 2.83. The standard InChI is InChI=1S/C13H17N3O3/c14-12-10(6-5-7-11(12)16(18)19)13(17)15-8-3-1-2-4-9-15/h5-7H,1-4,8-9,14H2. The van der Waals surface area contributed by atoms with Gasteiger partial charge < -0.3 is 10.6 Å². The SMILES string of the molecule is Nc1c(C(=O)N2CCCCCC2)cccc1[N+](=O)[O-]. The number of nitro groups is 1. The minimum Gasteiger partial charge on any atom is -0.393 e. The van der Waals surface area contributed by atoms with E-state index >= 15 is 0 Å². The van der Waals surface area contributed by atoms with E-state index in [1.54, 1.807) is 11.0 Å². The number of nitrogens with zero attached hydrogens (tertiary/aromatic N) is 2. The molecule has 19 heavy (non-hydrogen) atoms. The topological polar surface area (TPSA) is 89.5 Å². The molecule has 1 saturated heterocycles. The molecule has 1 aliphatic heterocycles. The van der Waals surface area contributed by atoms with Gasteiger partial charge in [-0.15, -0.1) is 0 Å². The molecule has 6 nitrogen and oxygen atoms in total. The van der Waals surface area contributed by atoms with Crippen LogP contribution in [0.25, 0.3) is 0 Å². The predicted octanol–water partition coefficient (Wildman–Crippen LogP) is 2.19. The van der Waals surface area contributed by atoms with Gasteiger partial charge >= 0.3 is 0 Å². The Morgan fingerprint density at radius 3 is 2.42 bits per heavy atom. The Labute approximate surface area is 111 Å². The lowest BCUT2D eigenvalue weighted by Gasteiger charge is -2.20. The van der Waals surface area contributed by atoms with Gasteiger partial charge in [-0.25, -0.2) is 0 Å². The largest absolute Gasteiger partial charge is 0.393 e. The van der Waals surface area contributed by atoms with Crippen LogP contribution >= 0.6 is 0 Å². The van der Waals surface area contributed by atoms with Crippen LogP contribution < -0.4 is 5.73 Å². The minimum absolute atomic E-state index is 0.0400. The number of nitrogen functional groups attached to an aromatic ring is 1. The molecule has 1 amide bonds. The van der Waals surface area contributed by atoms with E-state index in [0.717, 1.165) is 25.7 Å². The van der Waals surface area contributed by atoms with Crippen LogP contribution in [0.15, 0.2) is 18.2 Å². The maximum atomic E-state index is 12.4. The molecule has 2 N–H and O–H groups in total. The average Bonchev–Trinajstić information content (AvgIpc) is 2.66.